The number of amides is 1. The molecule has 1 fully saturated rings. The lowest BCUT2D eigenvalue weighted by Gasteiger charge is -2.13. The van der Waals surface area contributed by atoms with Crippen molar-refractivity contribution in [1.29, 1.82) is 0 Å². The molecule has 2 N–H and O–H groups in total. The van der Waals surface area contributed by atoms with E-state index < -0.39 is 5.91 Å². The van der Waals surface area contributed by atoms with Crippen LogP contribution in [0, 0.1) is 0 Å². The molecule has 0 bridgehead atoms. The molecule has 9 nitrogen and oxygen atoms in total. The summed E-state index contributed by atoms with van der Waals surface area (Å²) in [4.78, 5) is 29.2. The molecule has 0 unspecified atom stereocenters. The van der Waals surface area contributed by atoms with Crippen molar-refractivity contribution in [3.05, 3.63) is 54.2 Å². The summed E-state index contributed by atoms with van der Waals surface area (Å²) in [6, 6.07) is 5.31. The summed E-state index contributed by atoms with van der Waals surface area (Å²) in [5.74, 6) is 1.20. The van der Waals surface area contributed by atoms with Crippen LogP contribution in [-0.2, 0) is 4.74 Å². The van der Waals surface area contributed by atoms with Gasteiger partial charge in [0.15, 0.2) is 11.6 Å². The number of pyridine rings is 2. The van der Waals surface area contributed by atoms with Crippen LogP contribution < -0.4 is 15.2 Å². The Morgan fingerprint density at radius 1 is 1.30 bits per heavy atom. The predicted octanol–water partition coefficient (Wildman–Crippen LogP) is 2.73. The van der Waals surface area contributed by atoms with E-state index in [1.807, 2.05) is 6.92 Å². The van der Waals surface area contributed by atoms with Crippen LogP contribution >= 0.6 is 0 Å². The number of nitrogens with zero attached hydrogens (tertiary/aromatic N) is 4. The molecule has 9 heteroatoms. The Kier molecular flexibility index (Phi) is 5.80. The second kappa shape index (κ2) is 8.83. The average molecular weight is 407 g/mol. The number of carbonyl (C=O) groups excluding carboxylic acids is 1. The number of ether oxygens (including phenoxy) is 3. The van der Waals surface area contributed by atoms with Gasteiger partial charge in [-0.1, -0.05) is 0 Å². The minimum absolute atomic E-state index is 0.00362. The molecule has 1 atom stereocenters. The van der Waals surface area contributed by atoms with Crippen LogP contribution in [0.15, 0.2) is 43.0 Å². The Hall–Kier alpha value is -3.59. The van der Waals surface area contributed by atoms with Crippen LogP contribution in [0.25, 0.3) is 11.4 Å². The van der Waals surface area contributed by atoms with Crippen LogP contribution in [0.3, 0.4) is 0 Å². The van der Waals surface area contributed by atoms with Crippen molar-refractivity contribution in [2.24, 2.45) is 5.73 Å². The van der Waals surface area contributed by atoms with Crippen molar-refractivity contribution in [3.8, 4) is 28.8 Å². The number of aromatic nitrogens is 4. The molecule has 4 rings (SSSR count). The maximum absolute atomic E-state index is 11.8. The molecule has 0 aromatic carbocycles. The fraction of sp³-hybridized carbons (Fsp3) is 0.286. The first-order valence-corrected chi connectivity index (χ1v) is 9.61. The lowest BCUT2D eigenvalue weighted by Crippen LogP contribution is -2.18. The monoisotopic (exact) mass is 407 g/mol. The molecule has 0 saturated carbocycles. The Labute approximate surface area is 173 Å². The smallest absolute Gasteiger partial charge is 0.262 e. The second-order valence-electron chi connectivity index (χ2n) is 6.67. The average Bonchev–Trinajstić information content (AvgIpc) is 3.30. The standard InChI is InChI=1S/C21H21N5O4/c1-2-29-17-4-3-6-24-21(17)30-15-8-14(9-23-10-15)20-25-11-16(19(22)27)18(26-20)13-5-7-28-12-13/h3-4,6,8-11,13H,2,5,7,12H2,1H3,(H2,22,27)/t13-/m1/s1. The van der Waals surface area contributed by atoms with E-state index in [2.05, 4.69) is 19.9 Å². The predicted molar refractivity (Wildman–Crippen MR) is 107 cm³/mol. The number of primary amides is 1. The van der Waals surface area contributed by atoms with E-state index >= 15 is 0 Å². The van der Waals surface area contributed by atoms with Crippen LogP contribution in [0.1, 0.15) is 35.3 Å². The zero-order valence-electron chi connectivity index (χ0n) is 16.4. The molecule has 1 saturated heterocycles. The van der Waals surface area contributed by atoms with Crippen molar-refractivity contribution in [1.82, 2.24) is 19.9 Å². The molecular weight excluding hydrogens is 386 g/mol. The number of carbonyl (C=O) groups is 1. The molecule has 1 aliphatic heterocycles. The maximum Gasteiger partial charge on any atom is 0.262 e. The third-order valence-corrected chi connectivity index (χ3v) is 4.62. The molecule has 1 amide bonds. The molecule has 154 valence electrons. The highest BCUT2D eigenvalue weighted by atomic mass is 16.5. The quantitative estimate of drug-likeness (QED) is 0.634. The van der Waals surface area contributed by atoms with Gasteiger partial charge in [0.05, 0.1) is 30.7 Å². The third kappa shape index (κ3) is 4.20. The van der Waals surface area contributed by atoms with Gasteiger partial charge in [0.25, 0.3) is 11.8 Å². The summed E-state index contributed by atoms with van der Waals surface area (Å²) in [5.41, 5.74) is 7.05. The molecule has 30 heavy (non-hydrogen) atoms. The highest BCUT2D eigenvalue weighted by Gasteiger charge is 2.25. The third-order valence-electron chi connectivity index (χ3n) is 4.62. The first kappa shape index (κ1) is 19.7. The highest BCUT2D eigenvalue weighted by Crippen LogP contribution is 2.31. The van der Waals surface area contributed by atoms with Gasteiger partial charge in [-0.25, -0.2) is 15.0 Å². The second-order valence-corrected chi connectivity index (χ2v) is 6.67. The van der Waals surface area contributed by atoms with Crippen LogP contribution in [0.5, 0.6) is 17.4 Å². The van der Waals surface area contributed by atoms with E-state index in [1.165, 1.54) is 6.20 Å². The van der Waals surface area contributed by atoms with Gasteiger partial charge in [0.1, 0.15) is 5.75 Å². The number of nitrogens with two attached hydrogens (primary N) is 1. The Bertz CT molecular complexity index is 1050. The van der Waals surface area contributed by atoms with Gasteiger partial charge in [0.2, 0.25) is 0 Å². The van der Waals surface area contributed by atoms with Crippen molar-refractivity contribution in [3.63, 3.8) is 0 Å². The Morgan fingerprint density at radius 2 is 2.20 bits per heavy atom. The van der Waals surface area contributed by atoms with Crippen molar-refractivity contribution >= 4 is 5.91 Å². The van der Waals surface area contributed by atoms with E-state index in [-0.39, 0.29) is 5.92 Å². The molecule has 0 radical (unpaired) electrons. The zero-order chi connectivity index (χ0) is 20.9. The van der Waals surface area contributed by atoms with Gasteiger partial charge in [-0.2, -0.15) is 0 Å². The summed E-state index contributed by atoms with van der Waals surface area (Å²) in [7, 11) is 0. The number of hydrogen-bond acceptors (Lipinski definition) is 8. The summed E-state index contributed by atoms with van der Waals surface area (Å²) >= 11 is 0. The van der Waals surface area contributed by atoms with E-state index in [9.17, 15) is 4.79 Å². The first-order valence-electron chi connectivity index (χ1n) is 9.61. The van der Waals surface area contributed by atoms with Crippen molar-refractivity contribution in [2.75, 3.05) is 19.8 Å². The largest absolute Gasteiger partial charge is 0.488 e. The summed E-state index contributed by atoms with van der Waals surface area (Å²) in [5, 5.41) is 0. The zero-order valence-corrected chi connectivity index (χ0v) is 16.4. The van der Waals surface area contributed by atoms with E-state index in [0.29, 0.717) is 59.8 Å². The normalized spacial score (nSPS) is 15.7. The molecule has 4 heterocycles. The van der Waals surface area contributed by atoms with Gasteiger partial charge in [0, 0.05) is 36.7 Å². The maximum atomic E-state index is 11.8. The van der Waals surface area contributed by atoms with Crippen LogP contribution in [0.2, 0.25) is 0 Å². The van der Waals surface area contributed by atoms with Crippen LogP contribution in [0.4, 0.5) is 0 Å². The first-order chi connectivity index (χ1) is 14.7. The van der Waals surface area contributed by atoms with Gasteiger partial charge in [-0.3, -0.25) is 9.78 Å². The SMILES string of the molecule is CCOc1cccnc1Oc1cncc(-c2ncc(C(N)=O)c([C@@H]3CCOC3)n2)c1. The van der Waals surface area contributed by atoms with E-state index in [4.69, 9.17) is 19.9 Å². The summed E-state index contributed by atoms with van der Waals surface area (Å²) < 4.78 is 16.9. The number of rotatable bonds is 7. The molecule has 0 aliphatic carbocycles. The molecule has 3 aromatic rings. The van der Waals surface area contributed by atoms with Gasteiger partial charge in [-0.05, 0) is 31.5 Å². The minimum atomic E-state index is -0.558. The lowest BCUT2D eigenvalue weighted by molar-refractivity contribution is 0.0998. The fourth-order valence-electron chi connectivity index (χ4n) is 3.21. The van der Waals surface area contributed by atoms with Crippen molar-refractivity contribution < 1.29 is 19.0 Å². The topological polar surface area (TPSA) is 122 Å². The fourth-order valence-corrected chi connectivity index (χ4v) is 3.21. The van der Waals surface area contributed by atoms with Crippen molar-refractivity contribution in [2.45, 2.75) is 19.3 Å². The Morgan fingerprint density at radius 3 is 2.97 bits per heavy atom. The highest BCUT2D eigenvalue weighted by molar-refractivity contribution is 5.94. The lowest BCUT2D eigenvalue weighted by atomic mass is 10.00. The minimum Gasteiger partial charge on any atom is -0.488 e. The van der Waals surface area contributed by atoms with E-state index in [1.54, 1.807) is 36.8 Å². The summed E-state index contributed by atoms with van der Waals surface area (Å²) in [6.45, 7) is 3.50. The van der Waals surface area contributed by atoms with Crippen LogP contribution in [-0.4, -0.2) is 45.7 Å². The molecule has 0 spiro atoms. The molecular formula is C21H21N5O4. The Balaban J connectivity index is 1.66. The van der Waals surface area contributed by atoms with Gasteiger partial charge >= 0.3 is 0 Å². The molecule has 3 aromatic heterocycles. The summed E-state index contributed by atoms with van der Waals surface area (Å²) in [6.07, 6.45) is 7.05. The molecule has 1 aliphatic rings. The number of hydrogen-bond donors (Lipinski definition) is 1. The van der Waals surface area contributed by atoms with Gasteiger partial charge < -0.3 is 19.9 Å². The van der Waals surface area contributed by atoms with E-state index in [0.717, 1.165) is 6.42 Å². The van der Waals surface area contributed by atoms with Gasteiger partial charge in [-0.15, -0.1) is 0 Å².